The van der Waals surface area contributed by atoms with Gasteiger partial charge in [-0.15, -0.1) is 0 Å². The summed E-state index contributed by atoms with van der Waals surface area (Å²) in [5, 5.41) is 0. The Morgan fingerprint density at radius 1 is 1.56 bits per heavy atom. The molecule has 0 saturated heterocycles. The predicted molar refractivity (Wildman–Crippen MR) is 65.7 cm³/mol. The van der Waals surface area contributed by atoms with Crippen molar-refractivity contribution in [2.75, 3.05) is 27.0 Å². The molecule has 0 N–H and O–H groups in total. The number of aromatic nitrogens is 2. The van der Waals surface area contributed by atoms with Crippen molar-refractivity contribution in [3.63, 3.8) is 0 Å². The summed E-state index contributed by atoms with van der Waals surface area (Å²) in [6.07, 6.45) is 2.01. The largest absolute Gasteiger partial charge is 0.344 e. The van der Waals surface area contributed by atoms with E-state index in [4.69, 9.17) is 0 Å². The van der Waals surface area contributed by atoms with E-state index in [1.807, 2.05) is 0 Å². The summed E-state index contributed by atoms with van der Waals surface area (Å²) in [6, 6.07) is 0. The fourth-order valence-corrected chi connectivity index (χ4v) is 2.59. The van der Waals surface area contributed by atoms with E-state index >= 15 is 0 Å². The second-order valence-electron chi connectivity index (χ2n) is 3.81. The number of hydrogen-bond donors (Lipinski definition) is 0. The molecule has 0 unspecified atom stereocenters. The molecule has 0 saturated carbocycles. The molecule has 9 heteroatoms. The third-order valence-electron chi connectivity index (χ3n) is 2.16. The maximum atomic E-state index is 11.6. The van der Waals surface area contributed by atoms with Crippen LogP contribution in [0.4, 0.5) is 0 Å². The second kappa shape index (κ2) is 6.21. The molecule has 7 nitrogen and oxygen atoms in total. The first-order valence-corrected chi connectivity index (χ1v) is 7.57. The van der Waals surface area contributed by atoms with Crippen molar-refractivity contribution in [2.45, 2.75) is 13.0 Å². The van der Waals surface area contributed by atoms with Crippen LogP contribution < -0.4 is 4.68 Å². The van der Waals surface area contributed by atoms with Crippen molar-refractivity contribution in [1.29, 1.82) is 0 Å². The Balaban J connectivity index is 2.53. The van der Waals surface area contributed by atoms with E-state index in [0.29, 0.717) is 17.8 Å². The highest BCUT2D eigenvalue weighted by molar-refractivity contribution is 7.86. The lowest BCUT2D eigenvalue weighted by molar-refractivity contribution is -0.746. The number of hydrogen-bond acceptors (Lipinski definition) is 6. The van der Waals surface area contributed by atoms with Crippen LogP contribution >= 0.6 is 11.5 Å². The molecule has 102 valence electrons. The van der Waals surface area contributed by atoms with E-state index < -0.39 is 10.1 Å². The standard InChI is InChI=1S/C9H16N3O4S2/c1-11(2)9(13)8-7-12(10-17-8)5-4-6-18(14,15)16-3/h7H,4-6H2,1-3H3/q+1. The van der Waals surface area contributed by atoms with Gasteiger partial charge in [-0.3, -0.25) is 8.98 Å². The van der Waals surface area contributed by atoms with E-state index in [0.717, 1.165) is 18.6 Å². The maximum absolute atomic E-state index is 11.6. The maximum Gasteiger partial charge on any atom is 0.271 e. The van der Waals surface area contributed by atoms with E-state index in [1.165, 1.54) is 4.90 Å². The average Bonchev–Trinajstić information content (AvgIpc) is 2.76. The number of carbonyl (C=O) groups is 1. The lowest BCUT2D eigenvalue weighted by Gasteiger charge is -2.04. The summed E-state index contributed by atoms with van der Waals surface area (Å²) in [7, 11) is 1.04. The Morgan fingerprint density at radius 3 is 2.78 bits per heavy atom. The number of carbonyl (C=O) groups excluding carboxylic acids is 1. The summed E-state index contributed by atoms with van der Waals surface area (Å²) in [4.78, 5) is 13.6. The van der Waals surface area contributed by atoms with Gasteiger partial charge in [0.1, 0.15) is 0 Å². The first-order valence-electron chi connectivity index (χ1n) is 5.22. The molecule has 0 spiro atoms. The van der Waals surface area contributed by atoms with Gasteiger partial charge in [0, 0.05) is 32.0 Å². The van der Waals surface area contributed by atoms with Gasteiger partial charge in [-0.1, -0.05) is 4.68 Å². The Bertz CT molecular complexity index is 510. The molecule has 0 bridgehead atoms. The van der Waals surface area contributed by atoms with Gasteiger partial charge in [-0.05, 0) is 0 Å². The number of aryl methyl sites for hydroxylation is 1. The van der Waals surface area contributed by atoms with Crippen molar-refractivity contribution in [3.8, 4) is 0 Å². The molecule has 1 aromatic rings. The summed E-state index contributed by atoms with van der Waals surface area (Å²) >= 11 is 1.09. The average molecular weight is 294 g/mol. The van der Waals surface area contributed by atoms with Gasteiger partial charge in [0.15, 0.2) is 11.4 Å². The number of rotatable bonds is 6. The fourth-order valence-electron chi connectivity index (χ4n) is 1.19. The smallest absolute Gasteiger partial charge is 0.271 e. The topological polar surface area (TPSA) is 80.5 Å². The molecule has 18 heavy (non-hydrogen) atoms. The summed E-state index contributed by atoms with van der Waals surface area (Å²) in [5.74, 6) is -0.180. The molecule has 0 aromatic carbocycles. The minimum atomic E-state index is -3.43. The molecular weight excluding hydrogens is 278 g/mol. The van der Waals surface area contributed by atoms with Crippen LogP contribution in [0.5, 0.6) is 0 Å². The summed E-state index contributed by atoms with van der Waals surface area (Å²) in [5.41, 5.74) is 0. The zero-order valence-electron chi connectivity index (χ0n) is 10.5. The highest BCUT2D eigenvalue weighted by Gasteiger charge is 2.18. The molecule has 0 aliphatic carbocycles. The van der Waals surface area contributed by atoms with Crippen LogP contribution in [0, 0.1) is 0 Å². The highest BCUT2D eigenvalue weighted by Crippen LogP contribution is 2.04. The molecule has 0 aliphatic heterocycles. The Morgan fingerprint density at radius 2 is 2.22 bits per heavy atom. The zero-order valence-corrected chi connectivity index (χ0v) is 12.1. The van der Waals surface area contributed by atoms with E-state index in [1.54, 1.807) is 25.0 Å². The number of nitrogens with zero attached hydrogens (tertiary/aromatic N) is 3. The van der Waals surface area contributed by atoms with Gasteiger partial charge in [-0.2, -0.15) is 8.42 Å². The van der Waals surface area contributed by atoms with Gasteiger partial charge in [0.25, 0.3) is 16.0 Å². The second-order valence-corrected chi connectivity index (χ2v) is 6.45. The van der Waals surface area contributed by atoms with Crippen LogP contribution in [0.25, 0.3) is 0 Å². The fraction of sp³-hybridized carbons (Fsp3) is 0.667. The first-order chi connectivity index (χ1) is 8.35. The van der Waals surface area contributed by atoms with E-state index in [9.17, 15) is 13.2 Å². The normalized spacial score (nSPS) is 11.5. The van der Waals surface area contributed by atoms with Crippen molar-refractivity contribution >= 4 is 27.6 Å². The van der Waals surface area contributed by atoms with Crippen molar-refractivity contribution in [3.05, 3.63) is 11.1 Å². The third-order valence-corrected chi connectivity index (χ3v) is 4.23. The summed E-state index contributed by atoms with van der Waals surface area (Å²) < 4.78 is 32.1. The molecule has 0 aliphatic rings. The van der Waals surface area contributed by atoms with Crippen LogP contribution in [-0.2, 0) is 20.8 Å². The van der Waals surface area contributed by atoms with Crippen LogP contribution in [0.3, 0.4) is 0 Å². The molecule has 0 atom stereocenters. The predicted octanol–water partition coefficient (Wildman–Crippen LogP) is -0.501. The van der Waals surface area contributed by atoms with E-state index in [-0.39, 0.29) is 11.7 Å². The molecule has 1 amide bonds. The van der Waals surface area contributed by atoms with E-state index in [2.05, 4.69) is 8.67 Å². The quantitative estimate of drug-likeness (QED) is 0.522. The Hall–Kier alpha value is -1.06. The lowest BCUT2D eigenvalue weighted by atomic mass is 10.4. The molecule has 1 heterocycles. The van der Waals surface area contributed by atoms with Crippen molar-refractivity contribution in [2.24, 2.45) is 0 Å². The third kappa shape index (κ3) is 4.31. The van der Waals surface area contributed by atoms with Crippen LogP contribution in [0.2, 0.25) is 0 Å². The summed E-state index contributed by atoms with van der Waals surface area (Å²) in [6.45, 7) is 0.430. The molecule has 0 fully saturated rings. The SMILES string of the molecule is COS(=O)(=O)CCC[n+]1cc(C(=O)N(C)C)sn1. The Kier molecular flexibility index (Phi) is 5.17. The van der Waals surface area contributed by atoms with Crippen molar-refractivity contribution < 1.29 is 22.1 Å². The number of amides is 1. The Labute approximate surface area is 110 Å². The van der Waals surface area contributed by atoms with Gasteiger partial charge in [-0.25, -0.2) is 0 Å². The lowest BCUT2D eigenvalue weighted by Crippen LogP contribution is -2.35. The monoisotopic (exact) mass is 294 g/mol. The molecular formula is C9H16N3O4S2+. The van der Waals surface area contributed by atoms with Crippen LogP contribution in [0.1, 0.15) is 16.1 Å². The van der Waals surface area contributed by atoms with Gasteiger partial charge >= 0.3 is 0 Å². The van der Waals surface area contributed by atoms with Crippen LogP contribution in [0.15, 0.2) is 6.20 Å². The zero-order chi connectivity index (χ0) is 13.8. The minimum absolute atomic E-state index is 0.0645. The molecule has 1 aromatic heterocycles. The van der Waals surface area contributed by atoms with Crippen molar-refractivity contribution in [1.82, 2.24) is 9.39 Å². The van der Waals surface area contributed by atoms with Crippen LogP contribution in [-0.4, -0.2) is 50.7 Å². The van der Waals surface area contributed by atoms with Gasteiger partial charge in [0.05, 0.1) is 17.4 Å². The minimum Gasteiger partial charge on any atom is -0.344 e. The molecule has 0 radical (unpaired) electrons. The molecule has 1 rings (SSSR count). The first kappa shape index (κ1) is 15.0. The van der Waals surface area contributed by atoms with Gasteiger partial charge in [0.2, 0.25) is 6.20 Å². The van der Waals surface area contributed by atoms with Gasteiger partial charge < -0.3 is 4.90 Å². The highest BCUT2D eigenvalue weighted by atomic mass is 32.2.